The summed E-state index contributed by atoms with van der Waals surface area (Å²) in [6.45, 7) is 12.8. The summed E-state index contributed by atoms with van der Waals surface area (Å²) < 4.78 is 27.6. The Hall–Kier alpha value is -3.07. The number of hydrogen-bond acceptors (Lipinski definition) is 7. The molecule has 1 N–H and O–H groups in total. The van der Waals surface area contributed by atoms with E-state index < -0.39 is 5.69 Å². The number of unbranched alkanes of at least 4 members (excludes halogenated alkanes) is 45. The van der Waals surface area contributed by atoms with E-state index in [1.54, 1.807) is 29.0 Å². The second-order valence-electron chi connectivity index (χ2n) is 25.0. The molecule has 0 saturated carbocycles. The second kappa shape index (κ2) is 51.4. The lowest BCUT2D eigenvalue weighted by Crippen LogP contribution is -2.28. The van der Waals surface area contributed by atoms with Crippen LogP contribution >= 0.6 is 0 Å². The van der Waals surface area contributed by atoms with Crippen molar-refractivity contribution in [3.05, 3.63) is 40.4 Å². The van der Waals surface area contributed by atoms with Crippen LogP contribution in [0.1, 0.15) is 372 Å². The normalized spacial score (nSPS) is 15.2. The van der Waals surface area contributed by atoms with Crippen LogP contribution in [-0.4, -0.2) is 41.4 Å². The lowest BCUT2D eigenvalue weighted by Gasteiger charge is -2.19. The van der Waals surface area contributed by atoms with Crippen LogP contribution in [0.3, 0.4) is 0 Å². The first-order chi connectivity index (χ1) is 39.9. The molecule has 3 unspecified atom stereocenters. The van der Waals surface area contributed by atoms with Crippen LogP contribution < -0.4 is 25.2 Å². The fourth-order valence-electron chi connectivity index (χ4n) is 12.0. The molecule has 0 spiro atoms. The molecule has 9 nitrogen and oxygen atoms in total. The largest absolute Gasteiger partial charge is 0.490 e. The molecular formula is C72H129N3O6. The molecule has 2 aromatic rings. The van der Waals surface area contributed by atoms with E-state index in [1.165, 1.54) is 270 Å². The molecule has 1 aromatic carbocycles. The van der Waals surface area contributed by atoms with Crippen LogP contribution in [0.4, 0.5) is 5.82 Å². The van der Waals surface area contributed by atoms with Gasteiger partial charge in [0.25, 0.3) is 5.91 Å². The Morgan fingerprint density at radius 2 is 0.790 bits per heavy atom. The SMILES string of the molecule is CCCCCCCCCCCCCCCCCCOc1cc(C(=O)Nc2ccn(C3CC(C)C(CC)O3)c(=O)n2)cc(OCCCCCCCCCCCCCCCCCC)c1OCCCCCCCCCCCCCCCCCC. The molecule has 3 atom stereocenters. The number of aromatic nitrogens is 2. The standard InChI is InChI=1S/C72H129N3O6/c1-6-10-13-16-19-22-25-28-31-34-37-40-43-46-49-52-57-78-66-61-64(71(76)73-68-55-56-75(72(77)74-68)69-60-63(5)65(9-4)81-69)62-67(79-58-53-50-47-44-41-38-35-32-29-26-23-20-17-14-11-7-2)70(66)80-59-54-51-48-45-42-39-36-33-30-27-24-21-18-15-12-8-3/h55-56,61-63,65,69H,6-54,57-60H2,1-5H3,(H,73,74,76,77). The third-order valence-corrected chi connectivity index (χ3v) is 17.4. The number of nitrogens with zero attached hydrogens (tertiary/aromatic N) is 2. The van der Waals surface area contributed by atoms with Gasteiger partial charge >= 0.3 is 5.69 Å². The molecule has 1 saturated heterocycles. The maximum absolute atomic E-state index is 14.2. The highest BCUT2D eigenvalue weighted by Gasteiger charge is 2.32. The molecule has 1 aliphatic heterocycles. The van der Waals surface area contributed by atoms with Gasteiger partial charge in [-0.05, 0) is 56.2 Å². The number of nitrogens with one attached hydrogen (secondary N) is 1. The average molecular weight is 1130 g/mol. The molecule has 81 heavy (non-hydrogen) atoms. The van der Waals surface area contributed by atoms with E-state index in [0.717, 1.165) is 51.4 Å². The minimum Gasteiger partial charge on any atom is -0.490 e. The summed E-state index contributed by atoms with van der Waals surface area (Å²) in [5, 5.41) is 2.92. The Kier molecular flexibility index (Phi) is 45.8. The van der Waals surface area contributed by atoms with Gasteiger partial charge in [-0.15, -0.1) is 0 Å². The third-order valence-electron chi connectivity index (χ3n) is 17.4. The van der Waals surface area contributed by atoms with Gasteiger partial charge in [0.2, 0.25) is 5.75 Å². The van der Waals surface area contributed by atoms with E-state index in [9.17, 15) is 9.59 Å². The Labute approximate surface area is 499 Å². The zero-order valence-corrected chi connectivity index (χ0v) is 53.9. The number of carbonyl (C=O) groups is 1. The van der Waals surface area contributed by atoms with Gasteiger partial charge in [-0.3, -0.25) is 9.36 Å². The van der Waals surface area contributed by atoms with E-state index in [2.05, 4.69) is 44.9 Å². The molecule has 1 amide bonds. The highest BCUT2D eigenvalue weighted by atomic mass is 16.5. The van der Waals surface area contributed by atoms with Gasteiger partial charge in [-0.1, -0.05) is 324 Å². The second-order valence-corrected chi connectivity index (χ2v) is 25.0. The van der Waals surface area contributed by atoms with Crippen LogP contribution in [0.15, 0.2) is 29.2 Å². The molecular weight excluding hydrogens is 1000 g/mol. The van der Waals surface area contributed by atoms with Gasteiger partial charge in [0.1, 0.15) is 12.0 Å². The highest BCUT2D eigenvalue weighted by Crippen LogP contribution is 2.40. The Balaban J connectivity index is 1.59. The van der Waals surface area contributed by atoms with Gasteiger partial charge in [-0.2, -0.15) is 4.98 Å². The van der Waals surface area contributed by atoms with Gasteiger partial charge < -0.3 is 24.3 Å². The molecule has 9 heteroatoms. The molecule has 3 rings (SSSR count). The van der Waals surface area contributed by atoms with Crippen molar-refractivity contribution in [3.8, 4) is 17.2 Å². The first-order valence-electron chi connectivity index (χ1n) is 35.5. The predicted octanol–water partition coefficient (Wildman–Crippen LogP) is 22.8. The lowest BCUT2D eigenvalue weighted by atomic mass is 10.0. The number of carbonyl (C=O) groups excluding carboxylic acids is 1. The van der Waals surface area contributed by atoms with E-state index in [-0.39, 0.29) is 24.1 Å². The van der Waals surface area contributed by atoms with Crippen molar-refractivity contribution in [1.29, 1.82) is 0 Å². The highest BCUT2D eigenvalue weighted by molar-refractivity contribution is 6.04. The summed E-state index contributed by atoms with van der Waals surface area (Å²) in [7, 11) is 0. The van der Waals surface area contributed by atoms with E-state index in [1.807, 2.05) is 0 Å². The van der Waals surface area contributed by atoms with E-state index in [0.29, 0.717) is 48.6 Å². The van der Waals surface area contributed by atoms with Crippen molar-refractivity contribution in [3.63, 3.8) is 0 Å². The maximum atomic E-state index is 14.2. The minimum absolute atomic E-state index is 0.114. The van der Waals surface area contributed by atoms with Crippen molar-refractivity contribution in [2.45, 2.75) is 368 Å². The lowest BCUT2D eigenvalue weighted by molar-refractivity contribution is -0.00747. The predicted molar refractivity (Wildman–Crippen MR) is 346 cm³/mol. The Bertz CT molecular complexity index is 1760. The Morgan fingerprint density at radius 1 is 0.481 bits per heavy atom. The van der Waals surface area contributed by atoms with Crippen LogP contribution in [0.5, 0.6) is 17.2 Å². The molecule has 0 bridgehead atoms. The third kappa shape index (κ3) is 36.4. The van der Waals surface area contributed by atoms with Gasteiger partial charge in [0.15, 0.2) is 11.5 Å². The fraction of sp³-hybridized carbons (Fsp3) is 0.847. The monoisotopic (exact) mass is 1130 g/mol. The zero-order chi connectivity index (χ0) is 57.9. The molecule has 468 valence electrons. The van der Waals surface area contributed by atoms with E-state index >= 15 is 0 Å². The first kappa shape index (κ1) is 72.2. The number of hydrogen-bond donors (Lipinski definition) is 1. The summed E-state index contributed by atoms with van der Waals surface area (Å²) in [5.74, 6) is 1.87. The number of amides is 1. The van der Waals surface area contributed by atoms with Crippen LogP contribution in [-0.2, 0) is 4.74 Å². The van der Waals surface area contributed by atoms with Gasteiger partial charge in [0, 0.05) is 11.8 Å². The quantitative estimate of drug-likeness (QED) is 0.0659. The van der Waals surface area contributed by atoms with Crippen molar-refractivity contribution in [1.82, 2.24) is 9.55 Å². The summed E-state index contributed by atoms with van der Waals surface area (Å²) in [4.78, 5) is 31.8. The molecule has 0 aliphatic carbocycles. The molecule has 2 heterocycles. The van der Waals surface area contributed by atoms with Gasteiger partial charge in [0.05, 0.1) is 25.9 Å². The van der Waals surface area contributed by atoms with Crippen molar-refractivity contribution in [2.75, 3.05) is 25.1 Å². The van der Waals surface area contributed by atoms with Crippen LogP contribution in [0.2, 0.25) is 0 Å². The van der Waals surface area contributed by atoms with E-state index in [4.69, 9.17) is 18.9 Å². The number of benzene rings is 1. The van der Waals surface area contributed by atoms with Crippen LogP contribution in [0, 0.1) is 5.92 Å². The first-order valence-corrected chi connectivity index (χ1v) is 35.5. The molecule has 1 aliphatic rings. The summed E-state index contributed by atoms with van der Waals surface area (Å²) in [5.41, 5.74) is -0.0522. The molecule has 0 radical (unpaired) electrons. The topological polar surface area (TPSA) is 101 Å². The minimum atomic E-state index is -0.440. The average Bonchev–Trinajstić information content (AvgIpc) is 4.12. The maximum Gasteiger partial charge on any atom is 0.351 e. The van der Waals surface area contributed by atoms with Crippen LogP contribution in [0.25, 0.3) is 0 Å². The number of ether oxygens (including phenoxy) is 4. The Morgan fingerprint density at radius 3 is 1.09 bits per heavy atom. The summed E-state index contributed by atoms with van der Waals surface area (Å²) in [6.07, 6.45) is 66.5. The van der Waals surface area contributed by atoms with Crippen molar-refractivity contribution >= 4 is 11.7 Å². The van der Waals surface area contributed by atoms with Crippen molar-refractivity contribution in [2.24, 2.45) is 5.92 Å². The van der Waals surface area contributed by atoms with Crippen molar-refractivity contribution < 1.29 is 23.7 Å². The smallest absolute Gasteiger partial charge is 0.351 e. The fourth-order valence-corrected chi connectivity index (χ4v) is 12.0. The molecule has 1 fully saturated rings. The number of rotatable bonds is 58. The summed E-state index contributed by atoms with van der Waals surface area (Å²) >= 11 is 0. The zero-order valence-electron chi connectivity index (χ0n) is 53.9. The van der Waals surface area contributed by atoms with Gasteiger partial charge in [-0.25, -0.2) is 4.79 Å². The summed E-state index contributed by atoms with van der Waals surface area (Å²) in [6, 6.07) is 5.28. The molecule has 1 aromatic heterocycles. The number of anilines is 1.